The van der Waals surface area contributed by atoms with Gasteiger partial charge in [-0.2, -0.15) is 0 Å². The maximum Gasteiger partial charge on any atom is 0.213 e. The van der Waals surface area contributed by atoms with Gasteiger partial charge < -0.3 is 15.4 Å². The molecule has 0 saturated heterocycles. The highest BCUT2D eigenvalue weighted by atomic mass is 32.1. The number of likely N-dealkylation sites (N-methyl/N-ethyl adjacent to an activating group) is 1. The zero-order chi connectivity index (χ0) is 12.3. The average Bonchev–Trinajstić information content (AvgIpc) is 3.13. The lowest BCUT2D eigenvalue weighted by molar-refractivity contribution is 0.226. The Kier molecular flexibility index (Phi) is 3.91. The Hall–Kier alpha value is -1.20. The highest BCUT2D eigenvalue weighted by Crippen LogP contribution is 2.24. The molecule has 1 aliphatic rings. The van der Waals surface area contributed by atoms with Crippen LogP contribution >= 0.6 is 12.2 Å². The Balaban J connectivity index is 1.81. The van der Waals surface area contributed by atoms with Crippen LogP contribution in [0.2, 0.25) is 0 Å². The van der Waals surface area contributed by atoms with Crippen LogP contribution in [0.1, 0.15) is 18.5 Å². The number of nitrogens with two attached hydrogens (primary N) is 1. The van der Waals surface area contributed by atoms with Crippen molar-refractivity contribution in [3.05, 3.63) is 23.9 Å². The molecule has 4 nitrogen and oxygen atoms in total. The summed E-state index contributed by atoms with van der Waals surface area (Å²) in [4.78, 5) is 6.84. The number of hydrogen-bond acceptors (Lipinski definition) is 4. The first kappa shape index (κ1) is 12.3. The average molecular weight is 251 g/mol. The predicted molar refractivity (Wildman–Crippen MR) is 71.3 cm³/mol. The third kappa shape index (κ3) is 3.64. The molecular weight excluding hydrogens is 234 g/mol. The Morgan fingerprint density at radius 2 is 2.35 bits per heavy atom. The van der Waals surface area contributed by atoms with Crippen LogP contribution in [0.4, 0.5) is 0 Å². The third-order valence-corrected chi connectivity index (χ3v) is 3.05. The van der Waals surface area contributed by atoms with E-state index in [0.29, 0.717) is 23.2 Å². The molecule has 0 spiro atoms. The summed E-state index contributed by atoms with van der Waals surface area (Å²) in [7, 11) is 2.12. The fraction of sp³-hybridized carbons (Fsp3) is 0.500. The van der Waals surface area contributed by atoms with E-state index in [1.54, 1.807) is 6.07 Å². The summed E-state index contributed by atoms with van der Waals surface area (Å²) >= 11 is 4.87. The number of aromatic nitrogens is 1. The van der Waals surface area contributed by atoms with Gasteiger partial charge in [0.1, 0.15) is 17.3 Å². The second-order valence-electron chi connectivity index (χ2n) is 4.29. The van der Waals surface area contributed by atoms with Crippen molar-refractivity contribution in [1.82, 2.24) is 9.88 Å². The standard InChI is InChI=1S/C12H17N3OS/c1-15(9-5-6-9)7-8-16-11-4-2-3-10(14-11)12(13)17/h2-4,9H,5-8H2,1H3,(H2,13,17). The molecule has 1 fully saturated rings. The summed E-state index contributed by atoms with van der Waals surface area (Å²) in [5.41, 5.74) is 6.12. The van der Waals surface area contributed by atoms with Gasteiger partial charge in [0, 0.05) is 18.7 Å². The van der Waals surface area contributed by atoms with Crippen molar-refractivity contribution in [1.29, 1.82) is 0 Å². The normalized spacial score (nSPS) is 14.9. The largest absolute Gasteiger partial charge is 0.476 e. The molecule has 1 aromatic rings. The molecule has 1 aromatic heterocycles. The van der Waals surface area contributed by atoms with Crippen molar-refractivity contribution in [3.8, 4) is 5.88 Å². The molecule has 0 radical (unpaired) electrons. The Labute approximate surface area is 107 Å². The molecule has 0 amide bonds. The third-order valence-electron chi connectivity index (χ3n) is 2.84. The van der Waals surface area contributed by atoms with Crippen LogP contribution in [0.25, 0.3) is 0 Å². The van der Waals surface area contributed by atoms with Crippen LogP contribution in [-0.2, 0) is 0 Å². The number of thiocarbonyl (C=S) groups is 1. The van der Waals surface area contributed by atoms with Crippen molar-refractivity contribution in [2.45, 2.75) is 18.9 Å². The van der Waals surface area contributed by atoms with E-state index in [2.05, 4.69) is 16.9 Å². The van der Waals surface area contributed by atoms with Crippen LogP contribution in [0.15, 0.2) is 18.2 Å². The van der Waals surface area contributed by atoms with Gasteiger partial charge in [-0.1, -0.05) is 18.3 Å². The van der Waals surface area contributed by atoms with Crippen molar-refractivity contribution in [2.24, 2.45) is 5.73 Å². The van der Waals surface area contributed by atoms with Crippen LogP contribution in [0.5, 0.6) is 5.88 Å². The smallest absolute Gasteiger partial charge is 0.213 e. The SMILES string of the molecule is CN(CCOc1cccc(C(N)=S)n1)C1CC1. The first-order chi connectivity index (χ1) is 8.16. The van der Waals surface area contributed by atoms with Gasteiger partial charge in [0.25, 0.3) is 0 Å². The molecule has 0 aromatic carbocycles. The van der Waals surface area contributed by atoms with Gasteiger partial charge in [-0.25, -0.2) is 4.98 Å². The van der Waals surface area contributed by atoms with Crippen LogP contribution in [0, 0.1) is 0 Å². The minimum Gasteiger partial charge on any atom is -0.476 e. The van der Waals surface area contributed by atoms with Crippen molar-refractivity contribution < 1.29 is 4.74 Å². The second kappa shape index (κ2) is 5.42. The molecule has 5 heteroatoms. The lowest BCUT2D eigenvalue weighted by Crippen LogP contribution is -2.26. The van der Waals surface area contributed by atoms with Crippen LogP contribution in [-0.4, -0.2) is 41.1 Å². The maximum atomic E-state index is 5.58. The lowest BCUT2D eigenvalue weighted by Gasteiger charge is -2.15. The molecule has 0 unspecified atom stereocenters. The highest BCUT2D eigenvalue weighted by Gasteiger charge is 2.25. The van der Waals surface area contributed by atoms with E-state index in [-0.39, 0.29) is 0 Å². The van der Waals surface area contributed by atoms with Crippen molar-refractivity contribution in [2.75, 3.05) is 20.2 Å². The minimum absolute atomic E-state index is 0.297. The van der Waals surface area contributed by atoms with Gasteiger partial charge in [0.15, 0.2) is 0 Å². The molecule has 1 heterocycles. The number of nitrogens with zero attached hydrogens (tertiary/aromatic N) is 2. The first-order valence-electron chi connectivity index (χ1n) is 5.76. The van der Waals surface area contributed by atoms with Gasteiger partial charge in [0.2, 0.25) is 5.88 Å². The molecule has 1 aliphatic carbocycles. The number of hydrogen-bond donors (Lipinski definition) is 1. The Bertz CT molecular complexity index is 406. The van der Waals surface area contributed by atoms with Gasteiger partial charge in [-0.15, -0.1) is 0 Å². The van der Waals surface area contributed by atoms with Gasteiger partial charge >= 0.3 is 0 Å². The molecular formula is C12H17N3OS. The summed E-state index contributed by atoms with van der Waals surface area (Å²) in [5.74, 6) is 0.583. The molecule has 2 rings (SSSR count). The van der Waals surface area contributed by atoms with E-state index in [0.717, 1.165) is 12.6 Å². The van der Waals surface area contributed by atoms with E-state index in [9.17, 15) is 0 Å². The molecule has 2 N–H and O–H groups in total. The summed E-state index contributed by atoms with van der Waals surface area (Å²) in [6.45, 7) is 1.56. The van der Waals surface area contributed by atoms with E-state index in [1.165, 1.54) is 12.8 Å². The van der Waals surface area contributed by atoms with E-state index < -0.39 is 0 Å². The van der Waals surface area contributed by atoms with Gasteiger partial charge in [-0.3, -0.25) is 0 Å². The van der Waals surface area contributed by atoms with Gasteiger partial charge in [-0.05, 0) is 26.0 Å². The van der Waals surface area contributed by atoms with Gasteiger partial charge in [0.05, 0.1) is 0 Å². The summed E-state index contributed by atoms with van der Waals surface area (Å²) in [6, 6.07) is 6.21. The first-order valence-corrected chi connectivity index (χ1v) is 6.17. The molecule has 0 aliphatic heterocycles. The van der Waals surface area contributed by atoms with Crippen LogP contribution < -0.4 is 10.5 Å². The number of pyridine rings is 1. The Morgan fingerprint density at radius 1 is 1.59 bits per heavy atom. The number of rotatable bonds is 6. The van der Waals surface area contributed by atoms with Crippen molar-refractivity contribution in [3.63, 3.8) is 0 Å². The fourth-order valence-electron chi connectivity index (χ4n) is 1.62. The second-order valence-corrected chi connectivity index (χ2v) is 4.73. The Morgan fingerprint density at radius 3 is 3.00 bits per heavy atom. The van der Waals surface area contributed by atoms with Crippen LogP contribution in [0.3, 0.4) is 0 Å². The summed E-state index contributed by atoms with van der Waals surface area (Å²) in [5, 5.41) is 0. The molecule has 17 heavy (non-hydrogen) atoms. The number of ether oxygens (including phenoxy) is 1. The fourth-order valence-corrected chi connectivity index (χ4v) is 1.74. The maximum absolute atomic E-state index is 5.58. The highest BCUT2D eigenvalue weighted by molar-refractivity contribution is 7.80. The zero-order valence-corrected chi connectivity index (χ0v) is 10.7. The monoisotopic (exact) mass is 251 g/mol. The zero-order valence-electron chi connectivity index (χ0n) is 9.93. The summed E-state index contributed by atoms with van der Waals surface area (Å²) in [6.07, 6.45) is 2.62. The predicted octanol–water partition coefficient (Wildman–Crippen LogP) is 1.19. The molecule has 1 saturated carbocycles. The van der Waals surface area contributed by atoms with E-state index in [1.807, 2.05) is 12.1 Å². The minimum atomic E-state index is 0.297. The molecule has 92 valence electrons. The molecule has 0 atom stereocenters. The van der Waals surface area contributed by atoms with E-state index in [4.69, 9.17) is 22.7 Å². The lowest BCUT2D eigenvalue weighted by atomic mass is 10.3. The quantitative estimate of drug-likeness (QED) is 0.770. The van der Waals surface area contributed by atoms with Crippen molar-refractivity contribution >= 4 is 17.2 Å². The molecule has 0 bridgehead atoms. The van der Waals surface area contributed by atoms with E-state index >= 15 is 0 Å². The topological polar surface area (TPSA) is 51.4 Å². The summed E-state index contributed by atoms with van der Waals surface area (Å²) < 4.78 is 5.58.